The van der Waals surface area contributed by atoms with Crippen molar-refractivity contribution in [2.45, 2.75) is 57.5 Å². The molecule has 9 nitrogen and oxygen atoms in total. The van der Waals surface area contributed by atoms with E-state index in [4.69, 9.17) is 9.47 Å². The van der Waals surface area contributed by atoms with Crippen molar-refractivity contribution in [3.05, 3.63) is 91.1 Å². The fourth-order valence-electron chi connectivity index (χ4n) is 5.95. The quantitative estimate of drug-likeness (QED) is 0.155. The minimum Gasteiger partial charge on any atom is -0.463 e. The van der Waals surface area contributed by atoms with Crippen LogP contribution in [-0.4, -0.2) is 36.9 Å². The molecule has 9 heteroatoms. The fraction of sp³-hybridized carbons (Fsp3) is 0.324. The first-order valence-corrected chi connectivity index (χ1v) is 14.8. The molecule has 2 aromatic carbocycles. The van der Waals surface area contributed by atoms with Gasteiger partial charge >= 0.3 is 5.97 Å². The van der Waals surface area contributed by atoms with Crippen LogP contribution in [0.25, 0.3) is 22.3 Å². The van der Waals surface area contributed by atoms with Crippen molar-refractivity contribution in [1.82, 2.24) is 24.3 Å². The minimum absolute atomic E-state index is 0.0825. The monoisotopic (exact) mass is 574 g/mol. The third kappa shape index (κ3) is 6.28. The lowest BCUT2D eigenvalue weighted by Gasteiger charge is -2.21. The van der Waals surface area contributed by atoms with E-state index in [1.165, 1.54) is 12.8 Å². The molecule has 2 atom stereocenters. The minimum atomic E-state index is -0.444. The van der Waals surface area contributed by atoms with E-state index in [1.807, 2.05) is 95.4 Å². The number of nitriles is 1. The maximum absolute atomic E-state index is 12.9. The summed E-state index contributed by atoms with van der Waals surface area (Å²) in [4.78, 5) is 22.0. The van der Waals surface area contributed by atoms with Gasteiger partial charge in [-0.1, -0.05) is 43.2 Å². The second-order valence-electron chi connectivity index (χ2n) is 11.0. The first-order valence-electron chi connectivity index (χ1n) is 14.8. The maximum Gasteiger partial charge on any atom is 0.313 e. The molecule has 1 aliphatic carbocycles. The number of carbonyl (C=O) groups is 1. The highest BCUT2D eigenvalue weighted by molar-refractivity contribution is 5.90. The van der Waals surface area contributed by atoms with Crippen LogP contribution in [0, 0.1) is 17.2 Å². The van der Waals surface area contributed by atoms with Crippen LogP contribution < -0.4 is 4.74 Å². The first-order chi connectivity index (χ1) is 21.1. The molecule has 0 saturated heterocycles. The van der Waals surface area contributed by atoms with Crippen LogP contribution in [0.15, 0.2) is 85.6 Å². The summed E-state index contributed by atoms with van der Waals surface area (Å²) >= 11 is 0. The summed E-state index contributed by atoms with van der Waals surface area (Å²) in [7, 11) is 0. The summed E-state index contributed by atoms with van der Waals surface area (Å²) in [5.41, 5.74) is 3.27. The van der Waals surface area contributed by atoms with E-state index < -0.39 is 5.92 Å². The SMILES string of the molecule is CC(C(=O)OCCn1ccc2c(-c3cnn([C@H](CC#N)C4CCCC4)c3)ncnc21)c1cccc(Oc2ccccc2)c1. The molecule has 218 valence electrons. The molecule has 0 radical (unpaired) electrons. The molecular weight excluding hydrogens is 540 g/mol. The van der Waals surface area contributed by atoms with Crippen LogP contribution in [0.1, 0.15) is 56.6 Å². The van der Waals surface area contributed by atoms with E-state index in [-0.39, 0.29) is 18.6 Å². The third-order valence-corrected chi connectivity index (χ3v) is 8.28. The molecule has 0 aliphatic heterocycles. The van der Waals surface area contributed by atoms with Crippen molar-refractivity contribution >= 4 is 17.0 Å². The number of fused-ring (bicyclic) bond motifs is 1. The van der Waals surface area contributed by atoms with Crippen molar-refractivity contribution < 1.29 is 14.3 Å². The second-order valence-corrected chi connectivity index (χ2v) is 11.0. The Kier molecular flexibility index (Phi) is 8.45. The molecule has 1 unspecified atom stereocenters. The summed E-state index contributed by atoms with van der Waals surface area (Å²) in [6.07, 6.45) is 12.5. The number of benzene rings is 2. The van der Waals surface area contributed by atoms with Gasteiger partial charge in [-0.15, -0.1) is 0 Å². The van der Waals surface area contributed by atoms with Crippen LogP contribution in [0.3, 0.4) is 0 Å². The van der Waals surface area contributed by atoms with Gasteiger partial charge in [-0.3, -0.25) is 9.48 Å². The molecule has 1 aliphatic rings. The molecular formula is C34H34N6O3. The Bertz CT molecular complexity index is 1730. The predicted octanol–water partition coefficient (Wildman–Crippen LogP) is 7.08. The third-order valence-electron chi connectivity index (χ3n) is 8.28. The zero-order valence-corrected chi connectivity index (χ0v) is 24.2. The largest absolute Gasteiger partial charge is 0.463 e. The predicted molar refractivity (Wildman–Crippen MR) is 162 cm³/mol. The van der Waals surface area contributed by atoms with Crippen molar-refractivity contribution in [3.63, 3.8) is 0 Å². The van der Waals surface area contributed by atoms with E-state index >= 15 is 0 Å². The summed E-state index contributed by atoms with van der Waals surface area (Å²) in [5.74, 6) is 1.14. The summed E-state index contributed by atoms with van der Waals surface area (Å²) in [5, 5.41) is 15.0. The van der Waals surface area contributed by atoms with Crippen molar-refractivity contribution in [1.29, 1.82) is 5.26 Å². The lowest BCUT2D eigenvalue weighted by Crippen LogP contribution is -2.17. The van der Waals surface area contributed by atoms with E-state index in [0.717, 1.165) is 46.4 Å². The molecule has 0 amide bonds. The zero-order valence-electron chi connectivity index (χ0n) is 24.2. The van der Waals surface area contributed by atoms with Crippen LogP contribution in [0.4, 0.5) is 0 Å². The molecule has 5 aromatic rings. The number of nitrogens with zero attached hydrogens (tertiary/aromatic N) is 6. The number of aromatic nitrogens is 5. The summed E-state index contributed by atoms with van der Waals surface area (Å²) < 4.78 is 15.5. The molecule has 0 N–H and O–H groups in total. The zero-order chi connectivity index (χ0) is 29.6. The van der Waals surface area contributed by atoms with Crippen LogP contribution in [0.2, 0.25) is 0 Å². The van der Waals surface area contributed by atoms with Crippen molar-refractivity contribution in [2.24, 2.45) is 5.92 Å². The Morgan fingerprint density at radius 3 is 2.70 bits per heavy atom. The van der Waals surface area contributed by atoms with Gasteiger partial charge in [-0.05, 0) is 61.6 Å². The van der Waals surface area contributed by atoms with Gasteiger partial charge in [-0.25, -0.2) is 9.97 Å². The number of para-hydroxylation sites is 1. The molecule has 43 heavy (non-hydrogen) atoms. The standard InChI is InChI=1S/C34H34N6O3/c1-24(26-10-7-13-29(20-26)43-28-11-3-2-4-12-28)34(41)42-19-18-39-17-15-30-32(36-23-37-33(30)39)27-21-38-40(22-27)31(14-16-35)25-8-5-6-9-25/h2-4,7,10-13,15,17,20-25,31H,5-6,8-9,14,18-19H2,1H3/t24?,31-/m1/s1. The van der Waals surface area contributed by atoms with Crippen LogP contribution >= 0.6 is 0 Å². The number of hydrogen-bond acceptors (Lipinski definition) is 7. The van der Waals surface area contributed by atoms with E-state index in [9.17, 15) is 10.1 Å². The van der Waals surface area contributed by atoms with Gasteiger partial charge in [0.05, 0.1) is 42.9 Å². The maximum atomic E-state index is 12.9. The second kappa shape index (κ2) is 12.9. The van der Waals surface area contributed by atoms with Gasteiger partial charge in [0.25, 0.3) is 0 Å². The topological polar surface area (TPSA) is 108 Å². The molecule has 3 aromatic heterocycles. The normalized spacial score (nSPS) is 14.8. The van der Waals surface area contributed by atoms with Gasteiger partial charge in [0.2, 0.25) is 0 Å². The fourth-order valence-corrected chi connectivity index (χ4v) is 5.95. The van der Waals surface area contributed by atoms with Crippen molar-refractivity contribution in [2.75, 3.05) is 6.61 Å². The number of carbonyl (C=O) groups excluding carboxylic acids is 1. The Labute approximate surface area is 250 Å². The van der Waals surface area contributed by atoms with Gasteiger partial charge in [0.15, 0.2) is 0 Å². The Morgan fingerprint density at radius 2 is 1.88 bits per heavy atom. The highest BCUT2D eigenvalue weighted by Gasteiger charge is 2.27. The van der Waals surface area contributed by atoms with Crippen LogP contribution in [-0.2, 0) is 16.1 Å². The first kappa shape index (κ1) is 28.2. The van der Waals surface area contributed by atoms with Gasteiger partial charge in [-0.2, -0.15) is 10.4 Å². The number of ether oxygens (including phenoxy) is 2. The molecule has 3 heterocycles. The van der Waals surface area contributed by atoms with Gasteiger partial charge < -0.3 is 14.0 Å². The Hall–Kier alpha value is -4.97. The van der Waals surface area contributed by atoms with E-state index in [0.29, 0.717) is 24.6 Å². The summed E-state index contributed by atoms with van der Waals surface area (Å²) in [6.45, 7) is 2.50. The lowest BCUT2D eigenvalue weighted by atomic mass is 9.96. The average molecular weight is 575 g/mol. The molecule has 1 saturated carbocycles. The lowest BCUT2D eigenvalue weighted by molar-refractivity contribution is -0.145. The summed E-state index contributed by atoms with van der Waals surface area (Å²) in [6, 6.07) is 21.5. The Balaban J connectivity index is 1.10. The Morgan fingerprint density at radius 1 is 1.07 bits per heavy atom. The molecule has 0 spiro atoms. The highest BCUT2D eigenvalue weighted by Crippen LogP contribution is 2.37. The number of rotatable bonds is 11. The van der Waals surface area contributed by atoms with Gasteiger partial charge in [0.1, 0.15) is 30.1 Å². The van der Waals surface area contributed by atoms with Gasteiger partial charge in [0, 0.05) is 23.3 Å². The number of hydrogen-bond donors (Lipinski definition) is 0. The van der Waals surface area contributed by atoms with Crippen LogP contribution in [0.5, 0.6) is 11.5 Å². The molecule has 0 bridgehead atoms. The van der Waals surface area contributed by atoms with E-state index in [1.54, 1.807) is 6.33 Å². The van der Waals surface area contributed by atoms with E-state index in [2.05, 4.69) is 21.1 Å². The number of esters is 1. The molecule has 1 fully saturated rings. The highest BCUT2D eigenvalue weighted by atomic mass is 16.5. The molecule has 6 rings (SSSR count). The average Bonchev–Trinajstić information content (AvgIpc) is 3.82. The smallest absolute Gasteiger partial charge is 0.313 e. The van der Waals surface area contributed by atoms with Crippen molar-refractivity contribution in [3.8, 4) is 28.8 Å².